The Hall–Kier alpha value is -1.47. The van der Waals surface area contributed by atoms with E-state index in [-0.39, 0.29) is 25.8 Å². The van der Waals surface area contributed by atoms with Crippen molar-refractivity contribution in [1.82, 2.24) is 0 Å². The van der Waals surface area contributed by atoms with Gasteiger partial charge in [0.15, 0.2) is 0 Å². The van der Waals surface area contributed by atoms with Crippen LogP contribution in [0, 0.1) is 0 Å². The van der Waals surface area contributed by atoms with E-state index in [4.69, 9.17) is 0 Å². The first-order valence-electron chi connectivity index (χ1n) is 6.14. The second-order valence-corrected chi connectivity index (χ2v) is 4.31. The van der Waals surface area contributed by atoms with Crippen LogP contribution < -0.4 is 0 Å². The summed E-state index contributed by atoms with van der Waals surface area (Å²) in [7, 11) is 0. The summed E-state index contributed by atoms with van der Waals surface area (Å²) in [5.41, 5.74) is 0. The molecule has 0 aliphatic rings. The van der Waals surface area contributed by atoms with Crippen molar-refractivity contribution in [2.24, 2.45) is 0 Å². The quantitative estimate of drug-likeness (QED) is 0.391. The Bertz CT molecular complexity index is 620. The molecule has 91 valence electrons. The molecule has 19 heavy (non-hydrogen) atoms. The molecule has 0 aromatic heterocycles. The molecule has 0 unspecified atom stereocenters. The van der Waals surface area contributed by atoms with E-state index in [0.717, 1.165) is 0 Å². The molecule has 0 aliphatic heterocycles. The third-order valence-electron chi connectivity index (χ3n) is 3.10. The van der Waals surface area contributed by atoms with E-state index in [0.29, 0.717) is 0 Å². The second-order valence-electron chi connectivity index (χ2n) is 4.31. The molecule has 0 atom stereocenters. The van der Waals surface area contributed by atoms with Gasteiger partial charge in [0, 0.05) is 25.8 Å². The molecular weight excluding hydrogens is 261 g/mol. The van der Waals surface area contributed by atoms with E-state index in [1.165, 1.54) is 21.5 Å². The summed E-state index contributed by atoms with van der Waals surface area (Å²) in [6.07, 6.45) is 0. The first-order chi connectivity index (χ1) is 8.93. The number of benzene rings is 2. The molecule has 4 aromatic rings. The summed E-state index contributed by atoms with van der Waals surface area (Å²) in [4.78, 5) is 0. The standard InChI is InChI=1S/2C9H7.Sc/c2*1-2-5-9-7-3-6-8(9)4-1;/h2*1-7H;/q2*-1;. The molecule has 0 bridgehead atoms. The van der Waals surface area contributed by atoms with Gasteiger partial charge in [-0.3, -0.25) is 0 Å². The largest absolute Gasteiger partial charge is 0.168 e. The maximum atomic E-state index is 2.12. The van der Waals surface area contributed by atoms with Gasteiger partial charge in [0.2, 0.25) is 0 Å². The van der Waals surface area contributed by atoms with Gasteiger partial charge in [-0.1, -0.05) is 12.1 Å². The molecule has 0 N–H and O–H groups in total. The molecule has 0 saturated carbocycles. The number of rotatable bonds is 0. The summed E-state index contributed by atoms with van der Waals surface area (Å²) < 4.78 is 0. The SMILES string of the molecule is [Sc].c1ccc2[cH-]ccc2c1.c1ccc2[cH-]ccc2c1. The average molecular weight is 275 g/mol. The van der Waals surface area contributed by atoms with E-state index in [2.05, 4.69) is 84.9 Å². The smallest absolute Gasteiger partial charge is 0 e. The minimum Gasteiger partial charge on any atom is -0.168 e. The fourth-order valence-electron chi connectivity index (χ4n) is 2.14. The third-order valence-corrected chi connectivity index (χ3v) is 3.10. The minimum absolute atomic E-state index is 0. The number of hydrogen-bond donors (Lipinski definition) is 0. The Morgan fingerprint density at radius 1 is 0.526 bits per heavy atom. The molecule has 0 nitrogen and oxygen atoms in total. The summed E-state index contributed by atoms with van der Waals surface area (Å²) >= 11 is 0. The van der Waals surface area contributed by atoms with Gasteiger partial charge in [-0.05, 0) is 0 Å². The maximum absolute atomic E-state index is 2.12. The number of hydrogen-bond acceptors (Lipinski definition) is 0. The Morgan fingerprint density at radius 3 is 1.37 bits per heavy atom. The normalized spacial score (nSPS) is 9.68. The minimum atomic E-state index is 0. The molecule has 1 heteroatoms. The summed E-state index contributed by atoms with van der Waals surface area (Å²) in [5, 5.41) is 5.32. The monoisotopic (exact) mass is 275 g/mol. The maximum Gasteiger partial charge on any atom is 0 e. The molecule has 0 amide bonds. The van der Waals surface area contributed by atoms with E-state index in [1.807, 2.05) is 0 Å². The van der Waals surface area contributed by atoms with E-state index in [9.17, 15) is 0 Å². The van der Waals surface area contributed by atoms with Gasteiger partial charge in [0.1, 0.15) is 0 Å². The van der Waals surface area contributed by atoms with Crippen LogP contribution in [-0.2, 0) is 25.8 Å². The zero-order valence-corrected chi connectivity index (χ0v) is 12.5. The van der Waals surface area contributed by atoms with Gasteiger partial charge in [-0.25, -0.2) is 0 Å². The van der Waals surface area contributed by atoms with Crippen molar-refractivity contribution < 1.29 is 25.8 Å². The van der Waals surface area contributed by atoms with Crippen LogP contribution in [0.5, 0.6) is 0 Å². The van der Waals surface area contributed by atoms with Crippen molar-refractivity contribution in [2.75, 3.05) is 0 Å². The fourth-order valence-corrected chi connectivity index (χ4v) is 2.14. The molecule has 4 rings (SSSR count). The van der Waals surface area contributed by atoms with Gasteiger partial charge in [0.05, 0.1) is 0 Å². The third kappa shape index (κ3) is 3.30. The van der Waals surface area contributed by atoms with Crippen LogP contribution in [-0.4, -0.2) is 0 Å². The Kier molecular flexibility index (Phi) is 4.86. The van der Waals surface area contributed by atoms with Gasteiger partial charge in [-0.15, -0.1) is 59.3 Å². The first-order valence-corrected chi connectivity index (χ1v) is 6.14. The summed E-state index contributed by atoms with van der Waals surface area (Å²) in [5.74, 6) is 0. The van der Waals surface area contributed by atoms with Crippen molar-refractivity contribution in [2.45, 2.75) is 0 Å². The predicted molar refractivity (Wildman–Crippen MR) is 79.1 cm³/mol. The molecule has 0 spiro atoms. The van der Waals surface area contributed by atoms with Crippen LogP contribution in [0.3, 0.4) is 0 Å². The predicted octanol–water partition coefficient (Wildman–Crippen LogP) is 5.11. The molecular formula is C18H14Sc-2. The van der Waals surface area contributed by atoms with Crippen molar-refractivity contribution >= 4 is 21.5 Å². The van der Waals surface area contributed by atoms with E-state index < -0.39 is 0 Å². The topological polar surface area (TPSA) is 0 Å². The van der Waals surface area contributed by atoms with Crippen LogP contribution in [0.1, 0.15) is 0 Å². The van der Waals surface area contributed by atoms with E-state index >= 15 is 0 Å². The number of fused-ring (bicyclic) bond motifs is 2. The van der Waals surface area contributed by atoms with Gasteiger partial charge >= 0.3 is 0 Å². The summed E-state index contributed by atoms with van der Waals surface area (Å²) in [6, 6.07) is 29.3. The van der Waals surface area contributed by atoms with Crippen LogP contribution in [0.2, 0.25) is 0 Å². The molecule has 4 aromatic carbocycles. The van der Waals surface area contributed by atoms with Crippen molar-refractivity contribution in [1.29, 1.82) is 0 Å². The molecule has 0 heterocycles. The summed E-state index contributed by atoms with van der Waals surface area (Å²) in [6.45, 7) is 0. The van der Waals surface area contributed by atoms with Crippen LogP contribution >= 0.6 is 0 Å². The van der Waals surface area contributed by atoms with Crippen LogP contribution in [0.4, 0.5) is 0 Å². The van der Waals surface area contributed by atoms with Crippen molar-refractivity contribution in [3.05, 3.63) is 84.9 Å². The van der Waals surface area contributed by atoms with Gasteiger partial charge < -0.3 is 0 Å². The van der Waals surface area contributed by atoms with Crippen molar-refractivity contribution in [3.63, 3.8) is 0 Å². The Balaban J connectivity index is 0.000000133. The van der Waals surface area contributed by atoms with E-state index in [1.54, 1.807) is 0 Å². The Labute approximate surface area is 132 Å². The molecule has 0 saturated heterocycles. The Morgan fingerprint density at radius 2 is 0.947 bits per heavy atom. The zero-order chi connectivity index (χ0) is 12.2. The van der Waals surface area contributed by atoms with Crippen LogP contribution in [0.25, 0.3) is 21.5 Å². The molecule has 0 fully saturated rings. The zero-order valence-electron chi connectivity index (χ0n) is 10.7. The van der Waals surface area contributed by atoms with Crippen molar-refractivity contribution in [3.8, 4) is 0 Å². The van der Waals surface area contributed by atoms with Gasteiger partial charge in [-0.2, -0.15) is 35.0 Å². The first kappa shape index (κ1) is 14.0. The van der Waals surface area contributed by atoms with Gasteiger partial charge in [0.25, 0.3) is 0 Å². The average Bonchev–Trinajstić information content (AvgIpc) is 3.08. The van der Waals surface area contributed by atoms with Crippen LogP contribution in [0.15, 0.2) is 84.9 Å². The second kappa shape index (κ2) is 6.63. The molecule has 0 aliphatic carbocycles. The molecule has 1 radical (unpaired) electrons. The fraction of sp³-hybridized carbons (Fsp3) is 0.